The van der Waals surface area contributed by atoms with Crippen molar-refractivity contribution in [1.29, 1.82) is 0 Å². The number of anilines is 1. The van der Waals surface area contributed by atoms with E-state index in [4.69, 9.17) is 17.2 Å². The summed E-state index contributed by atoms with van der Waals surface area (Å²) < 4.78 is 39.2. The van der Waals surface area contributed by atoms with E-state index in [9.17, 15) is 27.6 Å². The summed E-state index contributed by atoms with van der Waals surface area (Å²) in [4.78, 5) is 45.3. The highest BCUT2D eigenvalue weighted by atomic mass is 19.4. The molecule has 1 fully saturated rings. The Morgan fingerprint density at radius 3 is 2.28 bits per heavy atom. The van der Waals surface area contributed by atoms with Gasteiger partial charge in [-0.05, 0) is 29.8 Å². The number of nitrogens with two attached hydrogens (primary N) is 3. The molecule has 14 heteroatoms. The normalized spacial score (nSPS) is 18.6. The number of halogens is 3. The Morgan fingerprint density at radius 2 is 1.65 bits per heavy atom. The standard InChI is InChI=1S/C29H35F3N8O3/c30-29(31,32)19-7-5-17(6-8-19)9-25(28(43)38-20-10-18-3-1-2-4-24(18)36-14-20)39-27(42)23(35)11-26(41)40-15-21(12-33)37-22(13-34)16-40/h1-8,10,14,21-23,25,37H,9,11-13,15-16,33-35H2,(H,38,43)(H,39,42)/t21?,22?,23-,25-/m0/s1. The summed E-state index contributed by atoms with van der Waals surface area (Å²) in [6.45, 7) is 1.25. The van der Waals surface area contributed by atoms with Crippen LogP contribution in [-0.2, 0) is 27.0 Å². The Labute approximate surface area is 246 Å². The number of nitrogens with one attached hydrogen (secondary N) is 3. The van der Waals surface area contributed by atoms with E-state index in [1.807, 2.05) is 24.3 Å². The van der Waals surface area contributed by atoms with Crippen LogP contribution in [0.15, 0.2) is 60.8 Å². The molecule has 4 atom stereocenters. The smallest absolute Gasteiger partial charge is 0.343 e. The molecule has 1 aliphatic heterocycles. The van der Waals surface area contributed by atoms with Gasteiger partial charge >= 0.3 is 6.18 Å². The molecule has 4 rings (SSSR count). The summed E-state index contributed by atoms with van der Waals surface area (Å²) in [5.74, 6) is -1.77. The topological polar surface area (TPSA) is 181 Å². The lowest BCUT2D eigenvalue weighted by Gasteiger charge is -2.38. The highest BCUT2D eigenvalue weighted by molar-refractivity contribution is 5.99. The van der Waals surface area contributed by atoms with Crippen molar-refractivity contribution in [2.24, 2.45) is 17.2 Å². The number of nitrogens with zero attached hydrogens (tertiary/aromatic N) is 2. The van der Waals surface area contributed by atoms with Gasteiger partial charge in [-0.3, -0.25) is 19.4 Å². The number of para-hydroxylation sites is 1. The van der Waals surface area contributed by atoms with Crippen LogP contribution in [0.3, 0.4) is 0 Å². The van der Waals surface area contributed by atoms with Crippen LogP contribution < -0.4 is 33.2 Å². The van der Waals surface area contributed by atoms with Gasteiger partial charge in [0.1, 0.15) is 6.04 Å². The maximum absolute atomic E-state index is 13.4. The molecule has 2 unspecified atom stereocenters. The molecular weight excluding hydrogens is 565 g/mol. The predicted octanol–water partition coefficient (Wildman–Crippen LogP) is 0.723. The molecule has 0 bridgehead atoms. The molecule has 2 heterocycles. The number of hydrogen-bond donors (Lipinski definition) is 6. The zero-order chi connectivity index (χ0) is 31.1. The van der Waals surface area contributed by atoms with Gasteiger partial charge in [-0.25, -0.2) is 0 Å². The number of amides is 3. The minimum Gasteiger partial charge on any atom is -0.343 e. The number of benzene rings is 2. The van der Waals surface area contributed by atoms with Crippen LogP contribution in [0.5, 0.6) is 0 Å². The number of carbonyl (C=O) groups is 3. The van der Waals surface area contributed by atoms with Gasteiger partial charge in [-0.1, -0.05) is 30.3 Å². The molecule has 3 aromatic rings. The zero-order valence-electron chi connectivity index (χ0n) is 23.3. The predicted molar refractivity (Wildman–Crippen MR) is 155 cm³/mol. The minimum atomic E-state index is -4.52. The fraction of sp³-hybridized carbons (Fsp3) is 0.379. The van der Waals surface area contributed by atoms with E-state index < -0.39 is 35.6 Å². The summed E-state index contributed by atoms with van der Waals surface area (Å²) in [5, 5.41) is 9.30. The van der Waals surface area contributed by atoms with Gasteiger partial charge in [0.2, 0.25) is 17.7 Å². The first kappa shape index (κ1) is 31.8. The molecule has 1 aromatic heterocycles. The minimum absolute atomic E-state index is 0.133. The lowest BCUT2D eigenvalue weighted by molar-refractivity contribution is -0.137. The summed E-state index contributed by atoms with van der Waals surface area (Å²) >= 11 is 0. The van der Waals surface area contributed by atoms with Crippen LogP contribution in [0.2, 0.25) is 0 Å². The van der Waals surface area contributed by atoms with Gasteiger partial charge in [-0.2, -0.15) is 13.2 Å². The second-order valence-corrected chi connectivity index (χ2v) is 10.5. The van der Waals surface area contributed by atoms with Gasteiger partial charge < -0.3 is 38.1 Å². The summed E-state index contributed by atoms with van der Waals surface area (Å²) in [7, 11) is 0. The molecule has 2 aromatic carbocycles. The van der Waals surface area contributed by atoms with E-state index in [1.165, 1.54) is 18.3 Å². The number of alkyl halides is 3. The Hall–Kier alpha value is -4.11. The molecule has 0 aliphatic carbocycles. The van der Waals surface area contributed by atoms with Crippen molar-refractivity contribution in [3.8, 4) is 0 Å². The van der Waals surface area contributed by atoms with Crippen molar-refractivity contribution in [2.45, 2.75) is 43.2 Å². The third kappa shape index (κ3) is 8.47. The van der Waals surface area contributed by atoms with Gasteiger partial charge in [0, 0.05) is 50.1 Å². The van der Waals surface area contributed by atoms with Crippen LogP contribution in [0.4, 0.5) is 18.9 Å². The number of rotatable bonds is 10. The number of carbonyl (C=O) groups excluding carboxylic acids is 3. The number of hydrogen-bond acceptors (Lipinski definition) is 8. The van der Waals surface area contributed by atoms with E-state index in [2.05, 4.69) is 20.9 Å². The van der Waals surface area contributed by atoms with E-state index in [-0.39, 0.29) is 30.8 Å². The second kappa shape index (κ2) is 13.9. The number of fused-ring (bicyclic) bond motifs is 1. The molecule has 11 nitrogen and oxygen atoms in total. The van der Waals surface area contributed by atoms with Gasteiger partial charge in [0.05, 0.1) is 35.4 Å². The van der Waals surface area contributed by atoms with E-state index in [0.29, 0.717) is 42.9 Å². The van der Waals surface area contributed by atoms with E-state index in [1.54, 1.807) is 11.0 Å². The number of piperazine rings is 1. The Balaban J connectivity index is 1.47. The van der Waals surface area contributed by atoms with Crippen molar-refractivity contribution >= 4 is 34.3 Å². The Bertz CT molecular complexity index is 1420. The molecule has 1 saturated heterocycles. The molecule has 0 radical (unpaired) electrons. The number of aromatic nitrogens is 1. The van der Waals surface area contributed by atoms with Crippen molar-refractivity contribution in [2.75, 3.05) is 31.5 Å². The van der Waals surface area contributed by atoms with Crippen LogP contribution in [0, 0.1) is 0 Å². The highest BCUT2D eigenvalue weighted by Crippen LogP contribution is 2.29. The average molecular weight is 601 g/mol. The zero-order valence-corrected chi connectivity index (χ0v) is 23.3. The fourth-order valence-electron chi connectivity index (χ4n) is 4.87. The third-order valence-electron chi connectivity index (χ3n) is 7.22. The van der Waals surface area contributed by atoms with Gasteiger partial charge in [0.15, 0.2) is 0 Å². The van der Waals surface area contributed by atoms with Gasteiger partial charge in [0.25, 0.3) is 0 Å². The van der Waals surface area contributed by atoms with Crippen molar-refractivity contribution in [3.05, 3.63) is 71.9 Å². The van der Waals surface area contributed by atoms with E-state index in [0.717, 1.165) is 17.5 Å². The van der Waals surface area contributed by atoms with Crippen LogP contribution in [0.1, 0.15) is 17.5 Å². The maximum atomic E-state index is 13.4. The van der Waals surface area contributed by atoms with Crippen LogP contribution >= 0.6 is 0 Å². The first-order chi connectivity index (χ1) is 20.5. The first-order valence-electron chi connectivity index (χ1n) is 13.8. The lowest BCUT2D eigenvalue weighted by atomic mass is 10.0. The number of pyridine rings is 1. The molecule has 0 saturated carbocycles. The first-order valence-corrected chi connectivity index (χ1v) is 13.8. The molecule has 1 aliphatic rings. The van der Waals surface area contributed by atoms with Crippen molar-refractivity contribution in [3.63, 3.8) is 0 Å². The summed E-state index contributed by atoms with van der Waals surface area (Å²) in [6.07, 6.45) is -3.53. The molecule has 230 valence electrons. The lowest BCUT2D eigenvalue weighted by Crippen LogP contribution is -2.62. The molecule has 0 spiro atoms. The van der Waals surface area contributed by atoms with Crippen molar-refractivity contribution < 1.29 is 27.6 Å². The van der Waals surface area contributed by atoms with Gasteiger partial charge in [-0.15, -0.1) is 0 Å². The molecule has 43 heavy (non-hydrogen) atoms. The monoisotopic (exact) mass is 600 g/mol. The molecule has 3 amide bonds. The van der Waals surface area contributed by atoms with Crippen LogP contribution in [-0.4, -0.2) is 78.0 Å². The fourth-order valence-corrected chi connectivity index (χ4v) is 4.87. The van der Waals surface area contributed by atoms with Crippen molar-refractivity contribution in [1.82, 2.24) is 20.5 Å². The maximum Gasteiger partial charge on any atom is 0.416 e. The third-order valence-corrected chi connectivity index (χ3v) is 7.22. The SMILES string of the molecule is NCC1CN(C(=O)C[C@H](N)C(=O)N[C@@H](Cc2ccc(C(F)(F)F)cc2)C(=O)Nc2cnc3ccccc3c2)CC(CN)N1. The second-order valence-electron chi connectivity index (χ2n) is 10.5. The molecule has 9 N–H and O–H groups in total. The average Bonchev–Trinajstić information content (AvgIpc) is 3.00. The summed E-state index contributed by atoms with van der Waals surface area (Å²) in [6, 6.07) is 10.4. The summed E-state index contributed by atoms with van der Waals surface area (Å²) in [5.41, 5.74) is 18.2. The highest BCUT2D eigenvalue weighted by Gasteiger charge is 2.32. The van der Waals surface area contributed by atoms with E-state index >= 15 is 0 Å². The quantitative estimate of drug-likeness (QED) is 0.197. The largest absolute Gasteiger partial charge is 0.416 e. The van der Waals surface area contributed by atoms with Crippen LogP contribution in [0.25, 0.3) is 10.9 Å². The Morgan fingerprint density at radius 1 is 1.00 bits per heavy atom. The Kier molecular flexibility index (Phi) is 10.3. The molecular formula is C29H35F3N8O3.